The molecule has 2 N–H and O–H groups in total. The number of rotatable bonds is 2. The lowest BCUT2D eigenvalue weighted by atomic mass is 10.1. The number of anilines is 1. The summed E-state index contributed by atoms with van der Waals surface area (Å²) in [7, 11) is 1.76. The average molecular weight is 288 g/mol. The van der Waals surface area contributed by atoms with Crippen molar-refractivity contribution in [2.45, 2.75) is 33.1 Å². The molecule has 114 valence electrons. The van der Waals surface area contributed by atoms with Gasteiger partial charge in [0.05, 0.1) is 5.69 Å². The zero-order chi connectivity index (χ0) is 15.4. The molecular weight excluding hydrogens is 264 g/mol. The van der Waals surface area contributed by atoms with E-state index in [9.17, 15) is 4.79 Å². The van der Waals surface area contributed by atoms with Gasteiger partial charge in [0.1, 0.15) is 0 Å². The molecule has 0 saturated carbocycles. The van der Waals surface area contributed by atoms with Gasteiger partial charge in [0.2, 0.25) is 0 Å². The van der Waals surface area contributed by atoms with Gasteiger partial charge >= 0.3 is 6.03 Å². The number of aryl methyl sites for hydroxylation is 2. The lowest BCUT2D eigenvalue weighted by molar-refractivity contribution is 0.250. The van der Waals surface area contributed by atoms with E-state index in [-0.39, 0.29) is 12.0 Å². The van der Waals surface area contributed by atoms with E-state index < -0.39 is 0 Å². The van der Waals surface area contributed by atoms with E-state index in [1.807, 2.05) is 30.0 Å². The van der Waals surface area contributed by atoms with Crippen molar-refractivity contribution in [3.63, 3.8) is 0 Å². The number of urea groups is 1. The van der Waals surface area contributed by atoms with Crippen molar-refractivity contribution >= 4 is 17.7 Å². The number of amides is 2. The van der Waals surface area contributed by atoms with Crippen LogP contribution in [0.2, 0.25) is 0 Å². The highest BCUT2D eigenvalue weighted by molar-refractivity contribution is 6.03. The first-order valence-electron chi connectivity index (χ1n) is 7.51. The van der Waals surface area contributed by atoms with E-state index in [4.69, 9.17) is 5.41 Å². The fourth-order valence-electron chi connectivity index (χ4n) is 2.79. The third-order valence-electron chi connectivity index (χ3n) is 3.99. The van der Waals surface area contributed by atoms with Gasteiger partial charge < -0.3 is 4.90 Å². The lowest BCUT2D eigenvalue weighted by Gasteiger charge is -2.25. The summed E-state index contributed by atoms with van der Waals surface area (Å²) in [6, 6.07) is 5.80. The number of benzene rings is 1. The molecule has 1 aromatic carbocycles. The Balaban J connectivity index is 2.10. The molecule has 0 unspecified atom stereocenters. The first-order valence-corrected chi connectivity index (χ1v) is 7.51. The van der Waals surface area contributed by atoms with Crippen molar-refractivity contribution in [1.82, 2.24) is 10.2 Å². The van der Waals surface area contributed by atoms with E-state index in [1.165, 1.54) is 0 Å². The standard InChI is InChI=1S/C16H24N4O/c1-4-13-9-7-8-12(2)14(13)19(3)16(21)18-15(17)20-10-5-6-11-20/h7-9H,4-6,10-11H2,1-3H3,(H2,17,18,21). The van der Waals surface area contributed by atoms with Crippen molar-refractivity contribution < 1.29 is 4.79 Å². The number of hydrogen-bond donors (Lipinski definition) is 2. The van der Waals surface area contributed by atoms with Gasteiger partial charge in [0, 0.05) is 20.1 Å². The van der Waals surface area contributed by atoms with Crippen molar-refractivity contribution in [3.8, 4) is 0 Å². The van der Waals surface area contributed by atoms with Gasteiger partial charge in [0.15, 0.2) is 5.96 Å². The maximum absolute atomic E-state index is 12.4. The van der Waals surface area contributed by atoms with E-state index in [0.717, 1.165) is 49.2 Å². The van der Waals surface area contributed by atoms with Gasteiger partial charge in [-0.2, -0.15) is 0 Å². The average Bonchev–Trinajstić information content (AvgIpc) is 3.00. The maximum atomic E-state index is 12.4. The molecule has 2 amide bonds. The lowest BCUT2D eigenvalue weighted by Crippen LogP contribution is -2.47. The molecule has 0 atom stereocenters. The molecule has 1 heterocycles. The minimum Gasteiger partial charge on any atom is -0.343 e. The van der Waals surface area contributed by atoms with Crippen molar-refractivity contribution in [2.24, 2.45) is 0 Å². The van der Waals surface area contributed by atoms with Crippen molar-refractivity contribution in [2.75, 3.05) is 25.0 Å². The summed E-state index contributed by atoms with van der Waals surface area (Å²) in [5.41, 5.74) is 3.15. The Morgan fingerprint density at radius 1 is 1.38 bits per heavy atom. The Kier molecular flexibility index (Phi) is 4.83. The number of carbonyl (C=O) groups is 1. The van der Waals surface area contributed by atoms with Crippen LogP contribution in [-0.4, -0.2) is 37.0 Å². The van der Waals surface area contributed by atoms with Crippen LogP contribution in [0, 0.1) is 12.3 Å². The van der Waals surface area contributed by atoms with Gasteiger partial charge in [0.25, 0.3) is 0 Å². The smallest absolute Gasteiger partial charge is 0.328 e. The summed E-state index contributed by atoms with van der Waals surface area (Å²) >= 11 is 0. The number of para-hydroxylation sites is 1. The molecule has 1 aliphatic rings. The second kappa shape index (κ2) is 6.61. The Morgan fingerprint density at radius 2 is 2.05 bits per heavy atom. The molecule has 1 fully saturated rings. The first-order chi connectivity index (χ1) is 10.0. The van der Waals surface area contributed by atoms with Crippen LogP contribution in [0.4, 0.5) is 10.5 Å². The van der Waals surface area contributed by atoms with Crippen LogP contribution < -0.4 is 10.2 Å². The third kappa shape index (κ3) is 3.35. The minimum atomic E-state index is -0.254. The number of likely N-dealkylation sites (tertiary alicyclic amines) is 1. The van der Waals surface area contributed by atoms with E-state index in [0.29, 0.717) is 0 Å². The van der Waals surface area contributed by atoms with E-state index in [1.54, 1.807) is 11.9 Å². The second-order valence-corrected chi connectivity index (χ2v) is 5.47. The summed E-state index contributed by atoms with van der Waals surface area (Å²) in [6.45, 7) is 5.79. The molecule has 1 aromatic rings. The number of nitrogens with zero attached hydrogens (tertiary/aromatic N) is 2. The molecule has 1 saturated heterocycles. The molecule has 21 heavy (non-hydrogen) atoms. The van der Waals surface area contributed by atoms with Gasteiger partial charge in [-0.15, -0.1) is 0 Å². The Hall–Kier alpha value is -2.04. The predicted molar refractivity (Wildman–Crippen MR) is 86.0 cm³/mol. The zero-order valence-electron chi connectivity index (χ0n) is 13.1. The van der Waals surface area contributed by atoms with Gasteiger partial charge in [-0.1, -0.05) is 25.1 Å². The van der Waals surface area contributed by atoms with Crippen LogP contribution in [0.15, 0.2) is 18.2 Å². The number of nitrogens with one attached hydrogen (secondary N) is 2. The molecule has 0 radical (unpaired) electrons. The summed E-state index contributed by atoms with van der Waals surface area (Å²) < 4.78 is 0. The molecule has 5 heteroatoms. The number of guanidine groups is 1. The van der Waals surface area contributed by atoms with E-state index in [2.05, 4.69) is 12.2 Å². The molecule has 1 aliphatic heterocycles. The summed E-state index contributed by atoms with van der Waals surface area (Å²) in [4.78, 5) is 15.9. The molecule has 0 spiro atoms. The van der Waals surface area contributed by atoms with Gasteiger partial charge in [-0.05, 0) is 37.3 Å². The highest BCUT2D eigenvalue weighted by atomic mass is 16.2. The van der Waals surface area contributed by atoms with Gasteiger partial charge in [-0.3, -0.25) is 15.6 Å². The van der Waals surface area contributed by atoms with Crippen LogP contribution in [0.3, 0.4) is 0 Å². The van der Waals surface area contributed by atoms with Crippen LogP contribution in [0.1, 0.15) is 30.9 Å². The Bertz CT molecular complexity index is 535. The van der Waals surface area contributed by atoms with Crippen LogP contribution in [0.5, 0.6) is 0 Å². The third-order valence-corrected chi connectivity index (χ3v) is 3.99. The van der Waals surface area contributed by atoms with Crippen LogP contribution in [-0.2, 0) is 6.42 Å². The molecule has 0 bridgehead atoms. The predicted octanol–water partition coefficient (Wildman–Crippen LogP) is 2.73. The summed E-state index contributed by atoms with van der Waals surface area (Å²) in [5, 5.41) is 10.7. The molecule has 0 aromatic heterocycles. The van der Waals surface area contributed by atoms with Crippen LogP contribution >= 0.6 is 0 Å². The SMILES string of the molecule is CCc1cccc(C)c1N(C)C(=O)NC(=N)N1CCCC1. The minimum absolute atomic E-state index is 0.205. The Labute approximate surface area is 126 Å². The molecule has 0 aliphatic carbocycles. The summed E-state index contributed by atoms with van der Waals surface area (Å²) in [5.74, 6) is 0.205. The second-order valence-electron chi connectivity index (χ2n) is 5.47. The quantitative estimate of drug-likeness (QED) is 0.649. The Morgan fingerprint density at radius 3 is 2.67 bits per heavy atom. The maximum Gasteiger partial charge on any atom is 0.328 e. The zero-order valence-corrected chi connectivity index (χ0v) is 13.1. The largest absolute Gasteiger partial charge is 0.343 e. The topological polar surface area (TPSA) is 59.4 Å². The highest BCUT2D eigenvalue weighted by Crippen LogP contribution is 2.24. The monoisotopic (exact) mass is 288 g/mol. The highest BCUT2D eigenvalue weighted by Gasteiger charge is 2.20. The number of carbonyl (C=O) groups excluding carboxylic acids is 1. The normalized spacial score (nSPS) is 14.1. The van der Waals surface area contributed by atoms with Gasteiger partial charge in [-0.25, -0.2) is 4.79 Å². The summed E-state index contributed by atoms with van der Waals surface area (Å²) in [6.07, 6.45) is 3.05. The van der Waals surface area contributed by atoms with Crippen molar-refractivity contribution in [1.29, 1.82) is 5.41 Å². The number of hydrogen-bond acceptors (Lipinski definition) is 2. The first kappa shape index (κ1) is 15.4. The van der Waals surface area contributed by atoms with Crippen LogP contribution in [0.25, 0.3) is 0 Å². The fourth-order valence-corrected chi connectivity index (χ4v) is 2.79. The van der Waals surface area contributed by atoms with Crippen molar-refractivity contribution in [3.05, 3.63) is 29.3 Å². The fraction of sp³-hybridized carbons (Fsp3) is 0.500. The molecule has 2 rings (SSSR count). The van der Waals surface area contributed by atoms with E-state index >= 15 is 0 Å². The molecular formula is C16H24N4O. The molecule has 5 nitrogen and oxygen atoms in total.